The van der Waals surface area contributed by atoms with Crippen LogP contribution in [0, 0.1) is 19.7 Å². The first-order chi connectivity index (χ1) is 14.8. The van der Waals surface area contributed by atoms with Crippen molar-refractivity contribution in [3.05, 3.63) is 87.0 Å². The molecule has 4 aromatic rings. The first kappa shape index (κ1) is 20.9. The highest BCUT2D eigenvalue weighted by Crippen LogP contribution is 2.30. The number of hydrogen-bond donors (Lipinski definition) is 0. The van der Waals surface area contributed by atoms with E-state index >= 15 is 0 Å². The van der Waals surface area contributed by atoms with Gasteiger partial charge in [0, 0.05) is 24.5 Å². The van der Waals surface area contributed by atoms with Crippen LogP contribution in [0.4, 0.5) is 4.39 Å². The van der Waals surface area contributed by atoms with E-state index in [-0.39, 0.29) is 23.8 Å². The Balaban J connectivity index is 1.60. The Labute approximate surface area is 183 Å². The van der Waals surface area contributed by atoms with Crippen molar-refractivity contribution in [1.82, 2.24) is 14.5 Å². The first-order valence-electron chi connectivity index (χ1n) is 9.86. The lowest BCUT2D eigenvalue weighted by atomic mass is 10.1. The fraction of sp³-hybridized carbons (Fsp3) is 0.208. The zero-order valence-corrected chi connectivity index (χ0v) is 18.4. The van der Waals surface area contributed by atoms with E-state index in [1.54, 1.807) is 24.1 Å². The molecule has 4 rings (SSSR count). The van der Waals surface area contributed by atoms with Crippen molar-refractivity contribution in [3.8, 4) is 11.1 Å². The molecule has 0 atom stereocenters. The number of fused-ring (bicyclic) bond motifs is 1. The Morgan fingerprint density at radius 1 is 1.16 bits per heavy atom. The summed E-state index contributed by atoms with van der Waals surface area (Å²) in [5, 5.41) is 2.29. The van der Waals surface area contributed by atoms with Crippen LogP contribution in [0.3, 0.4) is 0 Å². The number of aromatic nitrogens is 2. The molecule has 0 aliphatic heterocycles. The SMILES string of the molecule is Cc1ccc(CN(C)C(=O)Cn2cnc3scc(-c4ccc(F)cc4)c3c2=O)c(C)c1. The second-order valence-electron chi connectivity index (χ2n) is 7.69. The summed E-state index contributed by atoms with van der Waals surface area (Å²) in [7, 11) is 1.73. The zero-order chi connectivity index (χ0) is 22.1. The van der Waals surface area contributed by atoms with E-state index in [1.807, 2.05) is 31.4 Å². The number of likely N-dealkylation sites (N-methyl/N-ethyl adjacent to an activating group) is 1. The van der Waals surface area contributed by atoms with E-state index in [0.29, 0.717) is 22.3 Å². The van der Waals surface area contributed by atoms with Gasteiger partial charge in [0.15, 0.2) is 0 Å². The van der Waals surface area contributed by atoms with Gasteiger partial charge in [-0.05, 0) is 42.7 Å². The van der Waals surface area contributed by atoms with Gasteiger partial charge in [0.25, 0.3) is 5.56 Å². The Bertz CT molecular complexity index is 1330. The molecule has 5 nitrogen and oxygen atoms in total. The van der Waals surface area contributed by atoms with Crippen LogP contribution in [0.2, 0.25) is 0 Å². The summed E-state index contributed by atoms with van der Waals surface area (Å²) >= 11 is 1.35. The lowest BCUT2D eigenvalue weighted by Gasteiger charge is -2.19. The predicted octanol–water partition coefficient (Wildman–Crippen LogP) is 4.54. The zero-order valence-electron chi connectivity index (χ0n) is 17.6. The Morgan fingerprint density at radius 2 is 1.90 bits per heavy atom. The van der Waals surface area contributed by atoms with Crippen LogP contribution >= 0.6 is 11.3 Å². The number of aryl methyl sites for hydroxylation is 2. The molecule has 1 amide bonds. The number of nitrogens with zero attached hydrogens (tertiary/aromatic N) is 3. The van der Waals surface area contributed by atoms with E-state index in [9.17, 15) is 14.0 Å². The van der Waals surface area contributed by atoms with Gasteiger partial charge in [0.2, 0.25) is 5.91 Å². The van der Waals surface area contributed by atoms with E-state index in [0.717, 1.165) is 16.7 Å². The van der Waals surface area contributed by atoms with Crippen LogP contribution in [0.5, 0.6) is 0 Å². The molecule has 0 saturated heterocycles. The molecule has 2 heterocycles. The molecule has 0 N–H and O–H groups in total. The summed E-state index contributed by atoms with van der Waals surface area (Å²) in [4.78, 5) is 32.5. The fourth-order valence-electron chi connectivity index (χ4n) is 3.56. The Morgan fingerprint density at radius 3 is 2.61 bits per heavy atom. The molecule has 0 aliphatic carbocycles. The third kappa shape index (κ3) is 4.27. The van der Waals surface area contributed by atoms with Crippen LogP contribution < -0.4 is 5.56 Å². The van der Waals surface area contributed by atoms with Gasteiger partial charge < -0.3 is 4.90 Å². The standard InChI is InChI=1S/C24H22FN3O2S/c1-15-4-5-18(16(2)10-15)11-27(3)21(29)12-28-14-26-23-22(24(28)30)20(13-31-23)17-6-8-19(25)9-7-17/h4-10,13-14H,11-12H2,1-3H3. The summed E-state index contributed by atoms with van der Waals surface area (Å²) in [6, 6.07) is 12.1. The molecule has 2 aromatic carbocycles. The molecule has 2 aromatic heterocycles. The number of carbonyl (C=O) groups excluding carboxylic acids is 1. The average molecular weight is 436 g/mol. The van der Waals surface area contributed by atoms with Gasteiger partial charge in [-0.2, -0.15) is 0 Å². The van der Waals surface area contributed by atoms with Crippen molar-refractivity contribution >= 4 is 27.5 Å². The maximum atomic E-state index is 13.3. The molecule has 0 spiro atoms. The van der Waals surface area contributed by atoms with Crippen molar-refractivity contribution in [2.24, 2.45) is 0 Å². The van der Waals surface area contributed by atoms with Crippen LogP contribution in [0.1, 0.15) is 16.7 Å². The number of thiophene rings is 1. The molecule has 0 aliphatic rings. The summed E-state index contributed by atoms with van der Waals surface area (Å²) in [5.74, 6) is -0.516. The topological polar surface area (TPSA) is 55.2 Å². The number of hydrogen-bond acceptors (Lipinski definition) is 4. The van der Waals surface area contributed by atoms with Gasteiger partial charge in [0.1, 0.15) is 17.2 Å². The van der Waals surface area contributed by atoms with Crippen molar-refractivity contribution < 1.29 is 9.18 Å². The molecule has 0 fully saturated rings. The van der Waals surface area contributed by atoms with E-state index < -0.39 is 0 Å². The Kier molecular flexibility index (Phi) is 5.69. The van der Waals surface area contributed by atoms with Gasteiger partial charge in [-0.15, -0.1) is 11.3 Å². The van der Waals surface area contributed by atoms with E-state index in [4.69, 9.17) is 0 Å². The monoisotopic (exact) mass is 435 g/mol. The number of rotatable bonds is 5. The lowest BCUT2D eigenvalue weighted by molar-refractivity contribution is -0.131. The summed E-state index contributed by atoms with van der Waals surface area (Å²) in [6.45, 7) is 4.43. The minimum Gasteiger partial charge on any atom is -0.340 e. The van der Waals surface area contributed by atoms with E-state index in [1.165, 1.54) is 39.9 Å². The maximum Gasteiger partial charge on any atom is 0.263 e. The lowest BCUT2D eigenvalue weighted by Crippen LogP contribution is -2.33. The largest absolute Gasteiger partial charge is 0.340 e. The fourth-order valence-corrected chi connectivity index (χ4v) is 4.46. The quantitative estimate of drug-likeness (QED) is 0.463. The molecular formula is C24H22FN3O2S. The van der Waals surface area contributed by atoms with Crippen LogP contribution in [0.25, 0.3) is 21.3 Å². The molecule has 7 heteroatoms. The Hall–Kier alpha value is -3.32. The first-order valence-corrected chi connectivity index (χ1v) is 10.7. The third-order valence-electron chi connectivity index (χ3n) is 5.35. The number of halogens is 1. The summed E-state index contributed by atoms with van der Waals surface area (Å²) in [6.07, 6.45) is 1.42. The van der Waals surface area contributed by atoms with Gasteiger partial charge in [-0.1, -0.05) is 35.9 Å². The molecule has 0 radical (unpaired) electrons. The molecule has 0 unspecified atom stereocenters. The van der Waals surface area contributed by atoms with Crippen molar-refractivity contribution in [1.29, 1.82) is 0 Å². The molecule has 0 saturated carbocycles. The van der Waals surface area contributed by atoms with Crippen LogP contribution in [0.15, 0.2) is 59.0 Å². The second kappa shape index (κ2) is 8.43. The minimum atomic E-state index is -0.337. The minimum absolute atomic E-state index is 0.0954. The average Bonchev–Trinajstić information content (AvgIpc) is 3.17. The van der Waals surface area contributed by atoms with Crippen molar-refractivity contribution in [2.45, 2.75) is 26.9 Å². The molecule has 158 valence electrons. The highest BCUT2D eigenvalue weighted by molar-refractivity contribution is 7.17. The molecular weight excluding hydrogens is 413 g/mol. The smallest absolute Gasteiger partial charge is 0.263 e. The summed E-state index contributed by atoms with van der Waals surface area (Å²) < 4.78 is 14.6. The normalized spacial score (nSPS) is 11.1. The predicted molar refractivity (Wildman–Crippen MR) is 122 cm³/mol. The van der Waals surface area contributed by atoms with Gasteiger partial charge >= 0.3 is 0 Å². The summed E-state index contributed by atoms with van der Waals surface area (Å²) in [5.41, 5.74) is 4.53. The van der Waals surface area contributed by atoms with Crippen LogP contribution in [-0.2, 0) is 17.9 Å². The third-order valence-corrected chi connectivity index (χ3v) is 6.24. The van der Waals surface area contributed by atoms with Gasteiger partial charge in [-0.25, -0.2) is 9.37 Å². The highest BCUT2D eigenvalue weighted by Gasteiger charge is 2.17. The maximum absolute atomic E-state index is 13.3. The van der Waals surface area contributed by atoms with Gasteiger partial charge in [-0.3, -0.25) is 14.2 Å². The number of benzene rings is 2. The van der Waals surface area contributed by atoms with Gasteiger partial charge in [0.05, 0.1) is 11.7 Å². The number of amides is 1. The van der Waals surface area contributed by atoms with Crippen molar-refractivity contribution in [2.75, 3.05) is 7.05 Å². The molecule has 0 bridgehead atoms. The van der Waals surface area contributed by atoms with E-state index in [2.05, 4.69) is 11.1 Å². The molecule has 31 heavy (non-hydrogen) atoms. The van der Waals surface area contributed by atoms with Crippen molar-refractivity contribution in [3.63, 3.8) is 0 Å². The second-order valence-corrected chi connectivity index (χ2v) is 8.55. The highest BCUT2D eigenvalue weighted by atomic mass is 32.1. The van der Waals surface area contributed by atoms with Crippen LogP contribution in [-0.4, -0.2) is 27.4 Å². The number of carbonyl (C=O) groups is 1.